The lowest BCUT2D eigenvalue weighted by Gasteiger charge is -2.05. The van der Waals surface area contributed by atoms with Gasteiger partial charge in [0.25, 0.3) is 0 Å². The molecule has 1 rings (SSSR count). The Bertz CT molecular complexity index is 297. The van der Waals surface area contributed by atoms with Crippen LogP contribution in [-0.4, -0.2) is 23.6 Å². The highest BCUT2D eigenvalue weighted by Crippen LogP contribution is 2.10. The second-order valence-corrected chi connectivity index (χ2v) is 4.21. The van der Waals surface area contributed by atoms with Gasteiger partial charge in [0.1, 0.15) is 12.4 Å². The van der Waals surface area contributed by atoms with Gasteiger partial charge in [0, 0.05) is 12.8 Å². The fourth-order valence-corrected chi connectivity index (χ4v) is 1.36. The van der Waals surface area contributed by atoms with Crippen LogP contribution < -0.4 is 9.46 Å². The first-order valence-electron chi connectivity index (χ1n) is 4.45. The van der Waals surface area contributed by atoms with E-state index in [2.05, 4.69) is 4.72 Å². The molecule has 1 atom stereocenters. The SMILES string of the molecule is Cc1ccc(OCCNS(C)=O)cc1. The predicted molar refractivity (Wildman–Crippen MR) is 58.7 cm³/mol. The zero-order chi connectivity index (χ0) is 10.4. The van der Waals surface area contributed by atoms with Gasteiger partial charge in [-0.15, -0.1) is 0 Å². The molecule has 0 amide bonds. The van der Waals surface area contributed by atoms with E-state index in [-0.39, 0.29) is 0 Å². The van der Waals surface area contributed by atoms with Gasteiger partial charge in [0.15, 0.2) is 0 Å². The highest BCUT2D eigenvalue weighted by atomic mass is 32.2. The van der Waals surface area contributed by atoms with Crippen LogP contribution in [0.1, 0.15) is 5.56 Å². The quantitative estimate of drug-likeness (QED) is 0.748. The molecule has 4 heteroatoms. The van der Waals surface area contributed by atoms with Crippen molar-refractivity contribution in [3.8, 4) is 5.75 Å². The van der Waals surface area contributed by atoms with Crippen LogP contribution in [0, 0.1) is 6.92 Å². The fourth-order valence-electron chi connectivity index (χ4n) is 0.989. The van der Waals surface area contributed by atoms with Gasteiger partial charge in [0.2, 0.25) is 0 Å². The van der Waals surface area contributed by atoms with Crippen LogP contribution in [0.5, 0.6) is 5.75 Å². The van der Waals surface area contributed by atoms with Crippen molar-refractivity contribution in [1.82, 2.24) is 4.72 Å². The molecule has 1 aromatic rings. The second-order valence-electron chi connectivity index (χ2n) is 3.01. The summed E-state index contributed by atoms with van der Waals surface area (Å²) in [5.74, 6) is 0.847. The Hall–Kier alpha value is -0.870. The van der Waals surface area contributed by atoms with Crippen molar-refractivity contribution >= 4 is 11.0 Å². The molecule has 0 aromatic heterocycles. The van der Waals surface area contributed by atoms with Gasteiger partial charge in [-0.3, -0.25) is 0 Å². The molecule has 0 radical (unpaired) electrons. The zero-order valence-corrected chi connectivity index (χ0v) is 9.26. The molecular formula is C10H15NO2S. The normalized spacial score (nSPS) is 12.4. The Morgan fingerprint density at radius 2 is 2.00 bits per heavy atom. The Kier molecular flexibility index (Phi) is 4.62. The Balaban J connectivity index is 2.25. The smallest absolute Gasteiger partial charge is 0.119 e. The molecule has 1 unspecified atom stereocenters. The zero-order valence-electron chi connectivity index (χ0n) is 8.45. The first kappa shape index (κ1) is 11.2. The summed E-state index contributed by atoms with van der Waals surface area (Å²) in [6.07, 6.45) is 1.60. The van der Waals surface area contributed by atoms with Crippen molar-refractivity contribution in [3.05, 3.63) is 29.8 Å². The van der Waals surface area contributed by atoms with E-state index in [1.54, 1.807) is 6.26 Å². The van der Waals surface area contributed by atoms with E-state index in [1.807, 2.05) is 31.2 Å². The molecule has 0 heterocycles. The van der Waals surface area contributed by atoms with E-state index >= 15 is 0 Å². The van der Waals surface area contributed by atoms with Gasteiger partial charge in [-0.2, -0.15) is 0 Å². The number of rotatable bonds is 5. The van der Waals surface area contributed by atoms with Crippen LogP contribution in [0.3, 0.4) is 0 Å². The standard InChI is InChI=1S/C10H15NO2S/c1-9-3-5-10(6-4-9)13-8-7-11-14(2)12/h3-6,11H,7-8H2,1-2H3. The lowest BCUT2D eigenvalue weighted by Crippen LogP contribution is -2.22. The molecule has 0 saturated heterocycles. The Morgan fingerprint density at radius 3 is 2.57 bits per heavy atom. The summed E-state index contributed by atoms with van der Waals surface area (Å²) in [5, 5.41) is 0. The van der Waals surface area contributed by atoms with Crippen molar-refractivity contribution < 1.29 is 8.95 Å². The van der Waals surface area contributed by atoms with E-state index < -0.39 is 11.0 Å². The van der Waals surface area contributed by atoms with E-state index in [0.717, 1.165) is 5.75 Å². The minimum Gasteiger partial charge on any atom is -0.492 e. The van der Waals surface area contributed by atoms with Gasteiger partial charge in [-0.25, -0.2) is 8.93 Å². The minimum atomic E-state index is -0.957. The van der Waals surface area contributed by atoms with Gasteiger partial charge in [-0.1, -0.05) is 17.7 Å². The summed E-state index contributed by atoms with van der Waals surface area (Å²) in [6, 6.07) is 7.86. The number of benzene rings is 1. The Morgan fingerprint density at radius 1 is 1.36 bits per heavy atom. The molecule has 3 nitrogen and oxygen atoms in total. The van der Waals surface area contributed by atoms with Crippen molar-refractivity contribution in [1.29, 1.82) is 0 Å². The maximum Gasteiger partial charge on any atom is 0.119 e. The average Bonchev–Trinajstić information content (AvgIpc) is 2.15. The molecule has 0 saturated carbocycles. The lowest BCUT2D eigenvalue weighted by molar-refractivity contribution is 0.324. The van der Waals surface area contributed by atoms with Crippen LogP contribution in [0.15, 0.2) is 24.3 Å². The van der Waals surface area contributed by atoms with E-state index in [4.69, 9.17) is 4.74 Å². The minimum absolute atomic E-state index is 0.530. The largest absolute Gasteiger partial charge is 0.492 e. The predicted octanol–water partition coefficient (Wildman–Crippen LogP) is 1.26. The molecule has 1 N–H and O–H groups in total. The first-order valence-corrected chi connectivity index (χ1v) is 6.00. The monoisotopic (exact) mass is 213 g/mol. The lowest BCUT2D eigenvalue weighted by atomic mass is 10.2. The van der Waals surface area contributed by atoms with Crippen LogP contribution in [0.4, 0.5) is 0 Å². The topological polar surface area (TPSA) is 38.3 Å². The summed E-state index contributed by atoms with van der Waals surface area (Å²) in [6.45, 7) is 3.16. The summed E-state index contributed by atoms with van der Waals surface area (Å²) in [5.41, 5.74) is 1.21. The number of nitrogens with one attached hydrogen (secondary N) is 1. The molecule has 0 aliphatic rings. The summed E-state index contributed by atoms with van der Waals surface area (Å²) < 4.78 is 18.8. The molecule has 0 aliphatic heterocycles. The number of hydrogen-bond donors (Lipinski definition) is 1. The van der Waals surface area contributed by atoms with Crippen LogP contribution in [0.2, 0.25) is 0 Å². The van der Waals surface area contributed by atoms with Crippen molar-refractivity contribution in [3.63, 3.8) is 0 Å². The van der Waals surface area contributed by atoms with Crippen molar-refractivity contribution in [2.75, 3.05) is 19.4 Å². The maximum absolute atomic E-state index is 10.6. The molecule has 1 aromatic carbocycles. The summed E-state index contributed by atoms with van der Waals surface area (Å²) in [4.78, 5) is 0. The fraction of sp³-hybridized carbons (Fsp3) is 0.400. The van der Waals surface area contributed by atoms with Gasteiger partial charge >= 0.3 is 0 Å². The Labute approximate surface area is 87.1 Å². The van der Waals surface area contributed by atoms with Gasteiger partial charge < -0.3 is 4.74 Å². The van der Waals surface area contributed by atoms with Gasteiger partial charge in [0.05, 0.1) is 11.0 Å². The maximum atomic E-state index is 10.6. The van der Waals surface area contributed by atoms with E-state index in [0.29, 0.717) is 13.2 Å². The van der Waals surface area contributed by atoms with Crippen LogP contribution >= 0.6 is 0 Å². The highest BCUT2D eigenvalue weighted by molar-refractivity contribution is 7.82. The van der Waals surface area contributed by atoms with E-state index in [9.17, 15) is 4.21 Å². The third kappa shape index (κ3) is 4.39. The third-order valence-corrected chi connectivity index (χ3v) is 2.31. The molecular weight excluding hydrogens is 198 g/mol. The summed E-state index contributed by atoms with van der Waals surface area (Å²) in [7, 11) is -0.957. The van der Waals surface area contributed by atoms with Crippen molar-refractivity contribution in [2.45, 2.75) is 6.92 Å². The molecule has 0 aliphatic carbocycles. The number of aryl methyl sites for hydroxylation is 1. The van der Waals surface area contributed by atoms with Gasteiger partial charge in [-0.05, 0) is 19.1 Å². The highest BCUT2D eigenvalue weighted by Gasteiger charge is 1.93. The molecule has 0 fully saturated rings. The number of ether oxygens (including phenoxy) is 1. The molecule has 14 heavy (non-hydrogen) atoms. The van der Waals surface area contributed by atoms with Crippen LogP contribution in [0.25, 0.3) is 0 Å². The number of hydrogen-bond acceptors (Lipinski definition) is 2. The molecule has 78 valence electrons. The average molecular weight is 213 g/mol. The second kappa shape index (κ2) is 5.78. The first-order chi connectivity index (χ1) is 6.68. The summed E-state index contributed by atoms with van der Waals surface area (Å²) >= 11 is 0. The molecule has 0 bridgehead atoms. The van der Waals surface area contributed by atoms with E-state index in [1.165, 1.54) is 5.56 Å². The molecule has 0 spiro atoms. The van der Waals surface area contributed by atoms with Crippen LogP contribution in [-0.2, 0) is 11.0 Å². The van der Waals surface area contributed by atoms with Crippen molar-refractivity contribution in [2.24, 2.45) is 0 Å². The third-order valence-electron chi connectivity index (χ3n) is 1.70.